The van der Waals surface area contributed by atoms with Gasteiger partial charge in [-0.3, -0.25) is 0 Å². The maximum absolute atomic E-state index is 4.33. The Hall–Kier alpha value is -6.12. The molecule has 256 valence electrons. The zero-order valence-corrected chi connectivity index (χ0v) is 30.9. The minimum Gasteiger partial charge on any atom is -0.314 e. The number of nitrogens with zero attached hydrogens (tertiary/aromatic N) is 2. The number of anilines is 2. The first-order chi connectivity index (χ1) is 25.1. The zero-order valence-electron chi connectivity index (χ0n) is 30.9. The molecule has 0 aliphatic heterocycles. The van der Waals surface area contributed by atoms with Crippen molar-refractivity contribution in [3.05, 3.63) is 199 Å². The van der Waals surface area contributed by atoms with E-state index in [9.17, 15) is 0 Å². The van der Waals surface area contributed by atoms with Crippen LogP contribution in [0.2, 0.25) is 0 Å². The average molecular weight is 675 g/mol. The number of hydrogen-bond donors (Lipinski definition) is 0. The second-order valence-electron chi connectivity index (χ2n) is 14.5. The van der Waals surface area contributed by atoms with E-state index >= 15 is 0 Å². The number of hydrogen-bond acceptors (Lipinski definition) is 1. The van der Waals surface area contributed by atoms with E-state index in [4.69, 9.17) is 0 Å². The van der Waals surface area contributed by atoms with E-state index in [1.807, 2.05) is 19.1 Å². The van der Waals surface area contributed by atoms with Crippen molar-refractivity contribution in [1.82, 2.24) is 4.57 Å². The van der Waals surface area contributed by atoms with Crippen molar-refractivity contribution in [2.24, 2.45) is 0 Å². The number of allylic oxidation sites excluding steroid dienone is 6. The Labute approximate surface area is 309 Å². The van der Waals surface area contributed by atoms with Crippen LogP contribution < -0.4 is 4.90 Å². The smallest absolute Gasteiger partial charge is 0.0541 e. The molecule has 7 rings (SSSR count). The van der Waals surface area contributed by atoms with Gasteiger partial charge in [0.05, 0.1) is 11.0 Å². The average Bonchev–Trinajstić information content (AvgIpc) is 3.49. The predicted octanol–water partition coefficient (Wildman–Crippen LogP) is 14.1. The quantitative estimate of drug-likeness (QED) is 0.138. The van der Waals surface area contributed by atoms with E-state index < -0.39 is 0 Å². The van der Waals surface area contributed by atoms with Gasteiger partial charge in [0.1, 0.15) is 0 Å². The van der Waals surface area contributed by atoms with Gasteiger partial charge in [0.15, 0.2) is 0 Å². The molecule has 52 heavy (non-hydrogen) atoms. The van der Waals surface area contributed by atoms with Gasteiger partial charge in [0.2, 0.25) is 0 Å². The number of benzene rings is 6. The summed E-state index contributed by atoms with van der Waals surface area (Å²) >= 11 is 0. The minimum atomic E-state index is 0.0498. The predicted molar refractivity (Wildman–Crippen MR) is 226 cm³/mol. The number of para-hydroxylation sites is 1. The Bertz CT molecular complexity index is 2470. The van der Waals surface area contributed by atoms with Crippen LogP contribution in [0.25, 0.3) is 49.7 Å². The molecule has 0 aliphatic carbocycles. The molecule has 0 spiro atoms. The second-order valence-corrected chi connectivity index (χ2v) is 14.5. The van der Waals surface area contributed by atoms with E-state index in [1.165, 1.54) is 55.3 Å². The standard InChI is InChI=1S/C50H46N2/c1-8-16-35(2)36(3)31-37(4)51(45-22-15-19-40(32-45)38-17-11-9-12-18-38)44-27-23-39(24-28-44)41-25-29-48-46(33-41)47-34-42(50(5,6)7)26-30-49(47)52(48)43-20-13-10-14-21-43/h8-34H,2-3H2,1,4-7H3/b16-8-,37-31+. The Morgan fingerprint density at radius 3 is 1.83 bits per heavy atom. The molecule has 0 amide bonds. The Kier molecular flexibility index (Phi) is 9.41. The molecule has 2 nitrogen and oxygen atoms in total. The maximum Gasteiger partial charge on any atom is 0.0541 e. The van der Waals surface area contributed by atoms with Gasteiger partial charge < -0.3 is 9.47 Å². The number of fused-ring (bicyclic) bond motifs is 3. The van der Waals surface area contributed by atoms with Crippen molar-refractivity contribution in [2.45, 2.75) is 40.0 Å². The van der Waals surface area contributed by atoms with Gasteiger partial charge in [-0.05, 0) is 125 Å². The van der Waals surface area contributed by atoms with Crippen molar-refractivity contribution in [3.63, 3.8) is 0 Å². The van der Waals surface area contributed by atoms with Gasteiger partial charge in [0.25, 0.3) is 0 Å². The van der Waals surface area contributed by atoms with Gasteiger partial charge in [-0.2, -0.15) is 0 Å². The summed E-state index contributed by atoms with van der Waals surface area (Å²) in [7, 11) is 0. The van der Waals surface area contributed by atoms with Gasteiger partial charge in [0, 0.05) is 33.5 Å². The third-order valence-electron chi connectivity index (χ3n) is 9.83. The highest BCUT2D eigenvalue weighted by atomic mass is 15.1. The van der Waals surface area contributed by atoms with E-state index in [0.717, 1.165) is 28.2 Å². The lowest BCUT2D eigenvalue weighted by Crippen LogP contribution is -2.14. The summed E-state index contributed by atoms with van der Waals surface area (Å²) in [4.78, 5) is 2.30. The lowest BCUT2D eigenvalue weighted by atomic mass is 9.86. The van der Waals surface area contributed by atoms with Crippen molar-refractivity contribution in [1.29, 1.82) is 0 Å². The molecule has 0 saturated heterocycles. The summed E-state index contributed by atoms with van der Waals surface area (Å²) in [6, 6.07) is 52.7. The summed E-state index contributed by atoms with van der Waals surface area (Å²) < 4.78 is 2.39. The van der Waals surface area contributed by atoms with Crippen LogP contribution in [0.3, 0.4) is 0 Å². The highest BCUT2D eigenvalue weighted by molar-refractivity contribution is 6.10. The lowest BCUT2D eigenvalue weighted by Gasteiger charge is -2.27. The van der Waals surface area contributed by atoms with Crippen LogP contribution in [0.5, 0.6) is 0 Å². The molecular formula is C50H46N2. The molecule has 6 aromatic carbocycles. The summed E-state index contributed by atoms with van der Waals surface area (Å²) in [6.45, 7) is 19.5. The van der Waals surface area contributed by atoms with E-state index in [2.05, 4.69) is 202 Å². The van der Waals surface area contributed by atoms with Crippen molar-refractivity contribution in [3.8, 4) is 27.9 Å². The summed E-state index contributed by atoms with van der Waals surface area (Å²) in [5.74, 6) is 0. The van der Waals surface area contributed by atoms with Crippen LogP contribution in [0.15, 0.2) is 194 Å². The van der Waals surface area contributed by atoms with E-state index in [-0.39, 0.29) is 5.41 Å². The van der Waals surface area contributed by atoms with Gasteiger partial charge >= 0.3 is 0 Å². The normalized spacial score (nSPS) is 12.1. The molecule has 0 N–H and O–H groups in total. The molecule has 0 fully saturated rings. The van der Waals surface area contributed by atoms with E-state index in [1.54, 1.807) is 0 Å². The third kappa shape index (κ3) is 6.81. The first-order valence-electron chi connectivity index (χ1n) is 18.0. The van der Waals surface area contributed by atoms with Crippen LogP contribution in [0.4, 0.5) is 11.4 Å². The van der Waals surface area contributed by atoms with E-state index in [0.29, 0.717) is 0 Å². The van der Waals surface area contributed by atoms with Crippen LogP contribution in [0.1, 0.15) is 40.2 Å². The molecule has 0 saturated carbocycles. The van der Waals surface area contributed by atoms with Gasteiger partial charge in [-0.25, -0.2) is 0 Å². The fourth-order valence-electron chi connectivity index (χ4n) is 7.06. The topological polar surface area (TPSA) is 8.17 Å². The highest BCUT2D eigenvalue weighted by Crippen LogP contribution is 2.39. The van der Waals surface area contributed by atoms with Crippen LogP contribution in [-0.2, 0) is 5.41 Å². The first kappa shape index (κ1) is 34.3. The molecule has 0 atom stereocenters. The molecule has 1 aromatic heterocycles. The fourth-order valence-corrected chi connectivity index (χ4v) is 7.06. The second kappa shape index (κ2) is 14.2. The Balaban J connectivity index is 1.32. The van der Waals surface area contributed by atoms with Crippen molar-refractivity contribution < 1.29 is 0 Å². The summed E-state index contributed by atoms with van der Waals surface area (Å²) in [5, 5.41) is 2.53. The first-order valence-corrected chi connectivity index (χ1v) is 18.0. The Morgan fingerprint density at radius 1 is 0.577 bits per heavy atom. The lowest BCUT2D eigenvalue weighted by molar-refractivity contribution is 0.591. The molecule has 0 bridgehead atoms. The largest absolute Gasteiger partial charge is 0.314 e. The molecule has 0 unspecified atom stereocenters. The molecule has 0 radical (unpaired) electrons. The third-order valence-corrected chi connectivity index (χ3v) is 9.83. The summed E-state index contributed by atoms with van der Waals surface area (Å²) in [5.41, 5.74) is 14.7. The van der Waals surface area contributed by atoms with Gasteiger partial charge in [-0.15, -0.1) is 0 Å². The summed E-state index contributed by atoms with van der Waals surface area (Å²) in [6.07, 6.45) is 6.11. The molecule has 1 heterocycles. The number of aromatic nitrogens is 1. The van der Waals surface area contributed by atoms with Gasteiger partial charge in [-0.1, -0.05) is 131 Å². The maximum atomic E-state index is 4.33. The van der Waals surface area contributed by atoms with Crippen LogP contribution in [-0.4, -0.2) is 4.57 Å². The van der Waals surface area contributed by atoms with Crippen LogP contribution in [0, 0.1) is 0 Å². The Morgan fingerprint density at radius 2 is 1.15 bits per heavy atom. The van der Waals surface area contributed by atoms with Crippen molar-refractivity contribution >= 4 is 33.2 Å². The molecule has 0 aliphatic rings. The molecular weight excluding hydrogens is 629 g/mol. The number of rotatable bonds is 9. The highest BCUT2D eigenvalue weighted by Gasteiger charge is 2.19. The zero-order chi connectivity index (χ0) is 36.4. The van der Waals surface area contributed by atoms with Crippen molar-refractivity contribution in [2.75, 3.05) is 4.90 Å². The minimum absolute atomic E-state index is 0.0498. The van der Waals surface area contributed by atoms with Crippen LogP contribution >= 0.6 is 0 Å². The SMILES string of the molecule is C=C(/C=C\C)C(=C)/C=C(\C)N(c1ccc(-c2ccc3c(c2)c2cc(C(C)(C)C)ccc2n3-c2ccccc2)cc1)c1cccc(-c2ccccc2)c1. The fraction of sp³-hybridized carbons (Fsp3) is 0.120. The molecule has 2 heteroatoms. The molecule has 7 aromatic rings. The monoisotopic (exact) mass is 674 g/mol.